The van der Waals surface area contributed by atoms with Gasteiger partial charge in [-0.05, 0) is 31.2 Å². The second kappa shape index (κ2) is 8.93. The summed E-state index contributed by atoms with van der Waals surface area (Å²) in [7, 11) is 0.305. The summed E-state index contributed by atoms with van der Waals surface area (Å²) in [6.07, 6.45) is 0. The van der Waals surface area contributed by atoms with Crippen LogP contribution in [0.1, 0.15) is 28.9 Å². The molecule has 0 unspecified atom stereocenters. The van der Waals surface area contributed by atoms with Crippen LogP contribution in [0.4, 0.5) is 0 Å². The molecule has 26 heavy (non-hydrogen) atoms. The third kappa shape index (κ3) is 5.14. The Hall–Kier alpha value is -2.22. The summed E-state index contributed by atoms with van der Waals surface area (Å²) in [5.74, 6) is -0.468. The molecule has 0 aromatic heterocycles. The summed E-state index contributed by atoms with van der Waals surface area (Å²) in [6.45, 7) is 2.26. The van der Waals surface area contributed by atoms with Crippen LogP contribution >= 0.6 is 0 Å². The van der Waals surface area contributed by atoms with Crippen LogP contribution < -0.4 is 9.62 Å². The highest BCUT2D eigenvalue weighted by Crippen LogP contribution is 2.13. The average Bonchev–Trinajstić information content (AvgIpc) is 2.63. The highest BCUT2D eigenvalue weighted by molar-refractivity contribution is 7.89. The van der Waals surface area contributed by atoms with Gasteiger partial charge in [0.25, 0.3) is 0 Å². The van der Waals surface area contributed by atoms with Crippen molar-refractivity contribution in [3.63, 3.8) is 0 Å². The van der Waals surface area contributed by atoms with Crippen molar-refractivity contribution in [3.8, 4) is 0 Å². The Morgan fingerprint density at radius 3 is 2.23 bits per heavy atom. The molecule has 6 nitrogen and oxygen atoms in total. The molecular formula is C19H25N2O4S+. The van der Waals surface area contributed by atoms with Gasteiger partial charge < -0.3 is 9.64 Å². The highest BCUT2D eigenvalue weighted by Gasteiger charge is 2.22. The first-order chi connectivity index (χ1) is 12.3. The van der Waals surface area contributed by atoms with Gasteiger partial charge in [-0.2, -0.15) is 0 Å². The zero-order valence-electron chi connectivity index (χ0n) is 15.2. The number of carbonyl (C=O) groups excluding carboxylic acids is 1. The van der Waals surface area contributed by atoms with E-state index in [1.165, 1.54) is 24.3 Å². The van der Waals surface area contributed by atoms with Gasteiger partial charge in [-0.25, -0.2) is 17.9 Å². The van der Waals surface area contributed by atoms with E-state index in [1.807, 2.05) is 44.4 Å². The zero-order valence-corrected chi connectivity index (χ0v) is 16.0. The number of hydrogen-bond donors (Lipinski definition) is 2. The van der Waals surface area contributed by atoms with Crippen LogP contribution in [0.5, 0.6) is 0 Å². The first-order valence-electron chi connectivity index (χ1n) is 8.47. The molecule has 2 aromatic carbocycles. The molecule has 1 atom stereocenters. The molecule has 0 bridgehead atoms. The van der Waals surface area contributed by atoms with E-state index >= 15 is 0 Å². The fourth-order valence-electron chi connectivity index (χ4n) is 2.60. The summed E-state index contributed by atoms with van der Waals surface area (Å²) < 4.78 is 32.7. The molecule has 0 spiro atoms. The third-order valence-corrected chi connectivity index (χ3v) is 5.49. The van der Waals surface area contributed by atoms with Crippen LogP contribution in [0.2, 0.25) is 0 Å². The number of rotatable bonds is 8. The molecule has 0 amide bonds. The smallest absolute Gasteiger partial charge is 0.338 e. The number of sulfonamides is 1. The molecule has 0 saturated carbocycles. The van der Waals surface area contributed by atoms with Crippen molar-refractivity contribution in [1.82, 2.24) is 4.72 Å². The Balaban J connectivity index is 2.11. The first-order valence-corrected chi connectivity index (χ1v) is 9.95. The van der Waals surface area contributed by atoms with Crippen molar-refractivity contribution in [2.24, 2.45) is 0 Å². The lowest BCUT2D eigenvalue weighted by molar-refractivity contribution is -0.890. The van der Waals surface area contributed by atoms with Crippen molar-refractivity contribution in [2.45, 2.75) is 17.9 Å². The second-order valence-corrected chi connectivity index (χ2v) is 7.90. The monoisotopic (exact) mass is 377 g/mol. The van der Waals surface area contributed by atoms with E-state index in [-0.39, 0.29) is 24.1 Å². The van der Waals surface area contributed by atoms with Gasteiger partial charge in [-0.15, -0.1) is 0 Å². The molecular weight excluding hydrogens is 352 g/mol. The Morgan fingerprint density at radius 1 is 1.08 bits per heavy atom. The average molecular weight is 377 g/mol. The Bertz CT molecular complexity index is 818. The number of nitrogens with one attached hydrogen (secondary N) is 2. The molecule has 2 N–H and O–H groups in total. The van der Waals surface area contributed by atoms with Gasteiger partial charge >= 0.3 is 5.97 Å². The SMILES string of the molecule is CCOC(=O)c1ccc(S(=O)(=O)NC[C@H](c2ccccc2)[NH+](C)C)cc1. The molecule has 7 heteroatoms. The molecule has 0 aliphatic rings. The van der Waals surface area contributed by atoms with Crippen LogP contribution in [0, 0.1) is 0 Å². The van der Waals surface area contributed by atoms with E-state index < -0.39 is 16.0 Å². The van der Waals surface area contributed by atoms with E-state index in [9.17, 15) is 13.2 Å². The molecule has 2 rings (SSSR count). The number of ether oxygens (including phenoxy) is 1. The van der Waals surface area contributed by atoms with Crippen LogP contribution in [-0.2, 0) is 14.8 Å². The molecule has 0 radical (unpaired) electrons. The second-order valence-electron chi connectivity index (χ2n) is 6.14. The summed E-state index contributed by atoms with van der Waals surface area (Å²) in [5, 5.41) is 0. The van der Waals surface area contributed by atoms with Crippen molar-refractivity contribution in [1.29, 1.82) is 0 Å². The molecule has 140 valence electrons. The lowest BCUT2D eigenvalue weighted by atomic mass is 10.1. The number of quaternary nitrogens is 1. The predicted octanol–water partition coefficient (Wildman–Crippen LogP) is 1.03. The Morgan fingerprint density at radius 2 is 1.69 bits per heavy atom. The maximum Gasteiger partial charge on any atom is 0.338 e. The van der Waals surface area contributed by atoms with Crippen LogP contribution in [-0.4, -0.2) is 41.6 Å². The van der Waals surface area contributed by atoms with E-state index in [1.54, 1.807) is 6.92 Å². The van der Waals surface area contributed by atoms with Gasteiger partial charge in [0.1, 0.15) is 6.04 Å². The molecule has 0 saturated heterocycles. The molecule has 0 heterocycles. The summed E-state index contributed by atoms with van der Waals surface area (Å²) >= 11 is 0. The van der Waals surface area contributed by atoms with Gasteiger partial charge in [0, 0.05) is 5.56 Å². The van der Waals surface area contributed by atoms with Crippen LogP contribution in [0.15, 0.2) is 59.5 Å². The van der Waals surface area contributed by atoms with Crippen LogP contribution in [0.3, 0.4) is 0 Å². The topological polar surface area (TPSA) is 76.9 Å². The van der Waals surface area contributed by atoms with Crippen molar-refractivity contribution < 1.29 is 22.8 Å². The normalized spacial score (nSPS) is 12.8. The van der Waals surface area contributed by atoms with E-state index in [0.717, 1.165) is 10.5 Å². The zero-order chi connectivity index (χ0) is 19.2. The molecule has 0 fully saturated rings. The summed E-state index contributed by atoms with van der Waals surface area (Å²) in [4.78, 5) is 12.9. The Kier molecular flexibility index (Phi) is 6.90. The van der Waals surface area contributed by atoms with Gasteiger partial charge in [-0.1, -0.05) is 30.3 Å². The largest absolute Gasteiger partial charge is 0.462 e. The number of esters is 1. The van der Waals surface area contributed by atoms with Gasteiger partial charge in [0.2, 0.25) is 10.0 Å². The fourth-order valence-corrected chi connectivity index (χ4v) is 3.65. The summed E-state index contributed by atoms with van der Waals surface area (Å²) in [5.41, 5.74) is 1.39. The van der Waals surface area contributed by atoms with Crippen molar-refractivity contribution >= 4 is 16.0 Å². The van der Waals surface area contributed by atoms with E-state index in [4.69, 9.17) is 4.74 Å². The minimum Gasteiger partial charge on any atom is -0.462 e. The van der Waals surface area contributed by atoms with Gasteiger partial charge in [0.05, 0.1) is 37.7 Å². The summed E-state index contributed by atoms with van der Waals surface area (Å²) in [6, 6.07) is 15.5. The van der Waals surface area contributed by atoms with Gasteiger partial charge in [0.15, 0.2) is 0 Å². The molecule has 0 aliphatic heterocycles. The number of carbonyl (C=O) groups is 1. The number of hydrogen-bond acceptors (Lipinski definition) is 4. The Labute approximate surface area is 154 Å². The third-order valence-electron chi connectivity index (χ3n) is 4.05. The predicted molar refractivity (Wildman–Crippen MR) is 99.6 cm³/mol. The first kappa shape index (κ1) is 20.1. The lowest BCUT2D eigenvalue weighted by Crippen LogP contribution is -3.07. The van der Waals surface area contributed by atoms with Crippen LogP contribution in [0.25, 0.3) is 0 Å². The maximum absolute atomic E-state index is 12.6. The minimum absolute atomic E-state index is 0.00946. The van der Waals surface area contributed by atoms with Crippen molar-refractivity contribution in [2.75, 3.05) is 27.2 Å². The molecule has 2 aromatic rings. The van der Waals surface area contributed by atoms with E-state index in [0.29, 0.717) is 5.56 Å². The fraction of sp³-hybridized carbons (Fsp3) is 0.316. The highest BCUT2D eigenvalue weighted by atomic mass is 32.2. The minimum atomic E-state index is -3.67. The van der Waals surface area contributed by atoms with Gasteiger partial charge in [-0.3, -0.25) is 0 Å². The number of likely N-dealkylation sites (N-methyl/N-ethyl adjacent to an activating group) is 1. The lowest BCUT2D eigenvalue weighted by Gasteiger charge is -2.22. The van der Waals surface area contributed by atoms with E-state index in [2.05, 4.69) is 4.72 Å². The standard InChI is InChI=1S/C19H24N2O4S/c1-4-25-19(22)16-10-12-17(13-11-16)26(23,24)20-14-18(21(2)3)15-8-6-5-7-9-15/h5-13,18,20H,4,14H2,1-3H3/p+1/t18-/m1/s1. The van der Waals surface area contributed by atoms with Crippen molar-refractivity contribution in [3.05, 3.63) is 65.7 Å². The molecule has 0 aliphatic carbocycles. The quantitative estimate of drug-likeness (QED) is 0.674. The number of benzene rings is 2. The maximum atomic E-state index is 12.6.